The molecule has 0 saturated heterocycles. The number of hydrogen-bond donors (Lipinski definition) is 1. The molecule has 0 aromatic heterocycles. The number of ether oxygens (including phenoxy) is 2. The van der Waals surface area contributed by atoms with Gasteiger partial charge in [-0.25, -0.2) is 4.79 Å². The SMILES string of the molecule is COCCOCCC(N=C(c1ccccc1)c1ccccc1)C(=O)O. The van der Waals surface area contributed by atoms with Crippen molar-refractivity contribution in [2.45, 2.75) is 12.5 Å². The molecule has 2 rings (SSSR count). The highest BCUT2D eigenvalue weighted by molar-refractivity contribution is 6.13. The summed E-state index contributed by atoms with van der Waals surface area (Å²) in [5.41, 5.74) is 2.45. The summed E-state index contributed by atoms with van der Waals surface area (Å²) in [5.74, 6) is -0.959. The summed E-state index contributed by atoms with van der Waals surface area (Å²) in [6, 6.07) is 18.4. The number of aliphatic carboxylic acids is 1. The fourth-order valence-corrected chi connectivity index (χ4v) is 2.35. The van der Waals surface area contributed by atoms with Gasteiger partial charge in [-0.05, 0) is 0 Å². The molecular weight excluding hydrogens is 318 g/mol. The zero-order valence-corrected chi connectivity index (χ0v) is 14.3. The number of benzene rings is 2. The second kappa shape index (κ2) is 10.4. The number of rotatable bonds is 10. The van der Waals surface area contributed by atoms with Gasteiger partial charge in [0.1, 0.15) is 6.04 Å². The van der Waals surface area contributed by atoms with E-state index in [1.54, 1.807) is 7.11 Å². The Morgan fingerprint density at radius 1 is 0.960 bits per heavy atom. The van der Waals surface area contributed by atoms with Gasteiger partial charge in [-0.3, -0.25) is 4.99 Å². The molecular formula is C20H23NO4. The Labute approximate surface area is 147 Å². The van der Waals surface area contributed by atoms with Crippen LogP contribution in [0.5, 0.6) is 0 Å². The van der Waals surface area contributed by atoms with Gasteiger partial charge in [0, 0.05) is 31.3 Å². The third kappa shape index (κ3) is 6.14. The van der Waals surface area contributed by atoms with Gasteiger partial charge in [-0.2, -0.15) is 0 Å². The first kappa shape index (κ1) is 18.8. The molecule has 0 heterocycles. The topological polar surface area (TPSA) is 68.1 Å². The Kier molecular flexibility index (Phi) is 7.82. The van der Waals surface area contributed by atoms with Gasteiger partial charge in [0.25, 0.3) is 0 Å². The summed E-state index contributed by atoms with van der Waals surface area (Å²) in [7, 11) is 1.60. The number of carbonyl (C=O) groups is 1. The minimum Gasteiger partial charge on any atom is -0.480 e. The van der Waals surface area contributed by atoms with Crippen molar-refractivity contribution in [2.24, 2.45) is 4.99 Å². The van der Waals surface area contributed by atoms with Crippen molar-refractivity contribution >= 4 is 11.7 Å². The number of nitrogens with zero attached hydrogens (tertiary/aromatic N) is 1. The first-order valence-corrected chi connectivity index (χ1v) is 8.20. The zero-order valence-electron chi connectivity index (χ0n) is 14.3. The molecule has 0 radical (unpaired) electrons. The van der Waals surface area contributed by atoms with E-state index in [-0.39, 0.29) is 0 Å². The van der Waals surface area contributed by atoms with E-state index in [1.807, 2.05) is 60.7 Å². The fraction of sp³-hybridized carbons (Fsp3) is 0.300. The Hall–Kier alpha value is -2.50. The van der Waals surface area contributed by atoms with E-state index in [2.05, 4.69) is 4.99 Å². The largest absolute Gasteiger partial charge is 0.480 e. The highest BCUT2D eigenvalue weighted by atomic mass is 16.5. The quantitative estimate of drug-likeness (QED) is 0.533. The molecule has 1 unspecified atom stereocenters. The standard InChI is InChI=1S/C20H23NO4/c1-24-14-15-25-13-12-18(20(22)23)21-19(16-8-4-2-5-9-16)17-10-6-3-7-11-17/h2-11,18H,12-15H2,1H3,(H,22,23). The van der Waals surface area contributed by atoms with Crippen molar-refractivity contribution in [3.8, 4) is 0 Å². The molecule has 2 aromatic rings. The van der Waals surface area contributed by atoms with Crippen LogP contribution in [0.2, 0.25) is 0 Å². The van der Waals surface area contributed by atoms with Gasteiger partial charge >= 0.3 is 5.97 Å². The molecule has 5 heteroatoms. The molecule has 132 valence electrons. The number of carboxylic acid groups (broad SMARTS) is 1. The highest BCUT2D eigenvalue weighted by Gasteiger charge is 2.18. The lowest BCUT2D eigenvalue weighted by Crippen LogP contribution is -2.23. The molecule has 2 aromatic carbocycles. The predicted octanol–water partition coefficient (Wildman–Crippen LogP) is 3.03. The van der Waals surface area contributed by atoms with Crippen LogP contribution >= 0.6 is 0 Å². The van der Waals surface area contributed by atoms with Crippen LogP contribution in [0.4, 0.5) is 0 Å². The van der Waals surface area contributed by atoms with E-state index < -0.39 is 12.0 Å². The second-order valence-corrected chi connectivity index (χ2v) is 5.46. The molecule has 0 aliphatic carbocycles. The lowest BCUT2D eigenvalue weighted by Gasteiger charge is -2.13. The van der Waals surface area contributed by atoms with Crippen LogP contribution in [0, 0.1) is 0 Å². The van der Waals surface area contributed by atoms with Crippen LogP contribution in [0.25, 0.3) is 0 Å². The Balaban J connectivity index is 2.22. The third-order valence-corrected chi connectivity index (χ3v) is 3.63. The number of methoxy groups -OCH3 is 1. The maximum absolute atomic E-state index is 11.6. The van der Waals surface area contributed by atoms with Gasteiger partial charge in [0.15, 0.2) is 0 Å². The lowest BCUT2D eigenvalue weighted by molar-refractivity contribution is -0.138. The lowest BCUT2D eigenvalue weighted by atomic mass is 10.0. The third-order valence-electron chi connectivity index (χ3n) is 3.63. The van der Waals surface area contributed by atoms with Crippen molar-refractivity contribution in [2.75, 3.05) is 26.9 Å². The molecule has 5 nitrogen and oxygen atoms in total. The van der Waals surface area contributed by atoms with Crippen molar-refractivity contribution in [3.05, 3.63) is 71.8 Å². The van der Waals surface area contributed by atoms with E-state index in [9.17, 15) is 9.90 Å². The summed E-state index contributed by atoms with van der Waals surface area (Å²) >= 11 is 0. The summed E-state index contributed by atoms with van der Waals surface area (Å²) in [5, 5.41) is 9.53. The van der Waals surface area contributed by atoms with Crippen molar-refractivity contribution in [1.82, 2.24) is 0 Å². The molecule has 0 aliphatic heterocycles. The minimum atomic E-state index is -0.959. The fourth-order valence-electron chi connectivity index (χ4n) is 2.35. The molecule has 0 amide bonds. The Morgan fingerprint density at radius 3 is 2.00 bits per heavy atom. The number of aliphatic imine (C=N–C) groups is 1. The number of hydrogen-bond acceptors (Lipinski definition) is 4. The molecule has 1 N–H and O–H groups in total. The summed E-state index contributed by atoms with van der Waals surface area (Å²) in [4.78, 5) is 16.2. The summed E-state index contributed by atoms with van der Waals surface area (Å²) < 4.78 is 10.3. The molecule has 0 bridgehead atoms. The maximum Gasteiger partial charge on any atom is 0.328 e. The van der Waals surface area contributed by atoms with Gasteiger partial charge in [-0.1, -0.05) is 60.7 Å². The first-order valence-electron chi connectivity index (χ1n) is 8.20. The van der Waals surface area contributed by atoms with Gasteiger partial charge in [-0.15, -0.1) is 0 Å². The van der Waals surface area contributed by atoms with Crippen molar-refractivity contribution < 1.29 is 19.4 Å². The second-order valence-electron chi connectivity index (χ2n) is 5.46. The summed E-state index contributed by atoms with van der Waals surface area (Å²) in [6.07, 6.45) is 0.308. The zero-order chi connectivity index (χ0) is 17.9. The van der Waals surface area contributed by atoms with Crippen LogP contribution < -0.4 is 0 Å². The van der Waals surface area contributed by atoms with Crippen molar-refractivity contribution in [1.29, 1.82) is 0 Å². The molecule has 0 fully saturated rings. The van der Waals surface area contributed by atoms with E-state index >= 15 is 0 Å². The minimum absolute atomic E-state index is 0.308. The Bertz CT molecular complexity index is 629. The van der Waals surface area contributed by atoms with E-state index in [4.69, 9.17) is 9.47 Å². The first-order chi connectivity index (χ1) is 12.2. The monoisotopic (exact) mass is 341 g/mol. The molecule has 0 saturated carbocycles. The van der Waals surface area contributed by atoms with E-state index in [0.29, 0.717) is 32.0 Å². The smallest absolute Gasteiger partial charge is 0.328 e. The molecule has 1 atom stereocenters. The van der Waals surface area contributed by atoms with Crippen LogP contribution in [-0.4, -0.2) is 49.8 Å². The van der Waals surface area contributed by atoms with E-state index in [0.717, 1.165) is 11.1 Å². The van der Waals surface area contributed by atoms with Crippen LogP contribution in [0.3, 0.4) is 0 Å². The van der Waals surface area contributed by atoms with Gasteiger partial charge in [0.05, 0.1) is 18.9 Å². The Morgan fingerprint density at radius 2 is 1.52 bits per heavy atom. The van der Waals surface area contributed by atoms with Gasteiger partial charge < -0.3 is 14.6 Å². The van der Waals surface area contributed by atoms with Crippen LogP contribution in [0.1, 0.15) is 17.5 Å². The van der Waals surface area contributed by atoms with Gasteiger partial charge in [0.2, 0.25) is 0 Å². The average molecular weight is 341 g/mol. The number of carboxylic acids is 1. The van der Waals surface area contributed by atoms with Crippen molar-refractivity contribution in [3.63, 3.8) is 0 Å². The summed E-state index contributed by atoms with van der Waals surface area (Å²) in [6.45, 7) is 1.25. The van der Waals surface area contributed by atoms with E-state index in [1.165, 1.54) is 0 Å². The van der Waals surface area contributed by atoms with Crippen LogP contribution in [0.15, 0.2) is 65.7 Å². The molecule has 0 aliphatic rings. The molecule has 25 heavy (non-hydrogen) atoms. The van der Waals surface area contributed by atoms with Crippen LogP contribution in [-0.2, 0) is 14.3 Å². The average Bonchev–Trinajstić information content (AvgIpc) is 2.65. The highest BCUT2D eigenvalue weighted by Crippen LogP contribution is 2.13. The molecule has 0 spiro atoms. The maximum atomic E-state index is 11.6. The predicted molar refractivity (Wildman–Crippen MR) is 97.3 cm³/mol. The normalized spacial score (nSPS) is 11.7.